The van der Waals surface area contributed by atoms with Crippen molar-refractivity contribution < 1.29 is 41.9 Å². The summed E-state index contributed by atoms with van der Waals surface area (Å²) in [6.45, 7) is 0.476. The molecule has 5 aromatic carbocycles. The lowest BCUT2D eigenvalue weighted by atomic mass is 10.1. The third kappa shape index (κ3) is 11.5. The monoisotopic (exact) mass is 731 g/mol. The van der Waals surface area contributed by atoms with E-state index in [1.807, 2.05) is 18.2 Å². The van der Waals surface area contributed by atoms with Crippen molar-refractivity contribution in [2.45, 2.75) is 6.18 Å². The highest BCUT2D eigenvalue weighted by Crippen LogP contribution is 2.36. The zero-order valence-electron chi connectivity index (χ0n) is 28.8. The molecule has 0 aliphatic heterocycles. The smallest absolute Gasteiger partial charge is 0.418 e. The minimum atomic E-state index is -4.60. The van der Waals surface area contributed by atoms with E-state index >= 15 is 0 Å². The summed E-state index contributed by atoms with van der Waals surface area (Å²) in [6.07, 6.45) is -4.60. The molecular formula is C38H36F3N5O7. The van der Waals surface area contributed by atoms with E-state index in [9.17, 15) is 32.9 Å². The largest absolute Gasteiger partial charge is 0.497 e. The number of rotatable bonds is 13. The van der Waals surface area contributed by atoms with E-state index in [1.165, 1.54) is 51.7 Å². The number of halogens is 3. The SMILES string of the molecule is COCCNc1ccc(C(=O)Nc2cccc(OC)c2)cc1C(F)(F)F.COc1cccc(NC(=O)c2ccc(Nc3ccccc3)c([N+](=O)[O-])c2)c1. The summed E-state index contributed by atoms with van der Waals surface area (Å²) >= 11 is 0. The third-order valence-corrected chi connectivity index (χ3v) is 7.37. The molecule has 0 aliphatic rings. The average molecular weight is 732 g/mol. The fraction of sp³-hybridized carbons (Fsp3) is 0.158. The molecule has 0 heterocycles. The van der Waals surface area contributed by atoms with Crippen molar-refractivity contribution in [1.29, 1.82) is 0 Å². The Morgan fingerprint density at radius 1 is 0.679 bits per heavy atom. The lowest BCUT2D eigenvalue weighted by Gasteiger charge is -2.16. The second-order valence-electron chi connectivity index (χ2n) is 11.0. The molecule has 0 aliphatic carbocycles. The first-order valence-electron chi connectivity index (χ1n) is 15.9. The van der Waals surface area contributed by atoms with Crippen LogP contribution in [0.2, 0.25) is 0 Å². The number of benzene rings is 5. The highest BCUT2D eigenvalue weighted by Gasteiger charge is 2.34. The van der Waals surface area contributed by atoms with Crippen LogP contribution < -0.4 is 30.7 Å². The Balaban J connectivity index is 0.000000237. The fourth-order valence-electron chi connectivity index (χ4n) is 4.78. The van der Waals surface area contributed by atoms with Crippen LogP contribution in [0.3, 0.4) is 0 Å². The molecule has 0 bridgehead atoms. The van der Waals surface area contributed by atoms with Gasteiger partial charge in [0.25, 0.3) is 17.5 Å². The van der Waals surface area contributed by atoms with Gasteiger partial charge in [-0.05, 0) is 66.7 Å². The molecule has 0 spiro atoms. The molecule has 12 nitrogen and oxygen atoms in total. The Kier molecular flexibility index (Phi) is 13.7. The third-order valence-electron chi connectivity index (χ3n) is 7.37. The number of amides is 2. The minimum Gasteiger partial charge on any atom is -0.497 e. The van der Waals surface area contributed by atoms with Crippen molar-refractivity contribution in [1.82, 2.24) is 0 Å². The van der Waals surface area contributed by atoms with Gasteiger partial charge in [-0.3, -0.25) is 19.7 Å². The van der Waals surface area contributed by atoms with Crippen LogP contribution >= 0.6 is 0 Å². The molecule has 0 unspecified atom stereocenters. The van der Waals surface area contributed by atoms with E-state index in [1.54, 1.807) is 60.7 Å². The summed E-state index contributed by atoms with van der Waals surface area (Å²) < 4.78 is 54.9. The molecule has 0 atom stereocenters. The molecule has 0 saturated carbocycles. The van der Waals surface area contributed by atoms with Crippen LogP contribution in [0.4, 0.5) is 47.3 Å². The first-order valence-corrected chi connectivity index (χ1v) is 15.9. The molecule has 15 heteroatoms. The van der Waals surface area contributed by atoms with Crippen molar-refractivity contribution in [2.24, 2.45) is 0 Å². The number of carbonyl (C=O) groups excluding carboxylic acids is 2. The molecule has 0 aromatic heterocycles. The van der Waals surface area contributed by atoms with E-state index in [2.05, 4.69) is 21.3 Å². The summed E-state index contributed by atoms with van der Waals surface area (Å²) in [5, 5.41) is 22.4. The Bertz CT molecular complexity index is 2030. The predicted molar refractivity (Wildman–Crippen MR) is 197 cm³/mol. The van der Waals surface area contributed by atoms with Crippen LogP contribution in [0.5, 0.6) is 11.5 Å². The number of nitro groups is 1. The van der Waals surface area contributed by atoms with Gasteiger partial charge in [0.2, 0.25) is 0 Å². The zero-order chi connectivity index (χ0) is 38.4. The van der Waals surface area contributed by atoms with Gasteiger partial charge < -0.3 is 35.5 Å². The highest BCUT2D eigenvalue weighted by atomic mass is 19.4. The second-order valence-corrected chi connectivity index (χ2v) is 11.0. The van der Waals surface area contributed by atoms with Crippen LogP contribution in [-0.2, 0) is 10.9 Å². The molecule has 0 saturated heterocycles. The molecule has 53 heavy (non-hydrogen) atoms. The highest BCUT2D eigenvalue weighted by molar-refractivity contribution is 6.05. The Hall–Kier alpha value is -6.61. The van der Waals surface area contributed by atoms with Crippen molar-refractivity contribution in [3.05, 3.63) is 142 Å². The fourth-order valence-corrected chi connectivity index (χ4v) is 4.78. The van der Waals surface area contributed by atoms with E-state index in [-0.39, 0.29) is 35.7 Å². The summed E-state index contributed by atoms with van der Waals surface area (Å²) in [4.78, 5) is 35.7. The number of nitrogens with one attached hydrogen (secondary N) is 4. The van der Waals surface area contributed by atoms with Gasteiger partial charge in [-0.2, -0.15) is 13.2 Å². The van der Waals surface area contributed by atoms with Gasteiger partial charge in [-0.1, -0.05) is 30.3 Å². The normalized spacial score (nSPS) is 10.6. The number of alkyl halides is 3. The quantitative estimate of drug-likeness (QED) is 0.0530. The number of carbonyl (C=O) groups is 2. The van der Waals surface area contributed by atoms with Crippen LogP contribution in [0.25, 0.3) is 0 Å². The van der Waals surface area contributed by atoms with Gasteiger partial charge in [0.1, 0.15) is 17.2 Å². The Labute approximate surface area is 303 Å². The van der Waals surface area contributed by atoms with Gasteiger partial charge >= 0.3 is 6.18 Å². The first kappa shape index (κ1) is 39.2. The molecular weight excluding hydrogens is 695 g/mol. The topological polar surface area (TPSA) is 153 Å². The Morgan fingerprint density at radius 3 is 1.72 bits per heavy atom. The number of ether oxygens (including phenoxy) is 3. The standard InChI is InChI=1S/C20H17N3O4.C18H19F3N2O3/c1-27-17-9-5-8-16(13-17)22-20(24)14-10-11-18(19(12-14)23(25)26)21-15-6-3-2-4-7-15;1-25-9-8-22-16-7-6-12(10-15(16)18(19,20)21)17(24)23-13-4-3-5-14(11-13)26-2/h2-13,21H,1H3,(H,22,24);3-7,10-11,22H,8-9H2,1-2H3,(H,23,24). The van der Waals surface area contributed by atoms with E-state index in [4.69, 9.17) is 14.2 Å². The van der Waals surface area contributed by atoms with Gasteiger partial charge in [0.05, 0.1) is 31.3 Å². The van der Waals surface area contributed by atoms with Gasteiger partial charge in [0.15, 0.2) is 0 Å². The average Bonchev–Trinajstić information content (AvgIpc) is 3.15. The maximum absolute atomic E-state index is 13.3. The number of anilines is 5. The molecule has 0 radical (unpaired) electrons. The number of methoxy groups -OCH3 is 3. The maximum atomic E-state index is 13.3. The minimum absolute atomic E-state index is 0.0996. The summed E-state index contributed by atoms with van der Waals surface area (Å²) in [5.41, 5.74) is 0.870. The lowest BCUT2D eigenvalue weighted by molar-refractivity contribution is -0.383. The van der Waals surface area contributed by atoms with E-state index in [0.29, 0.717) is 34.2 Å². The number of nitro benzene ring substituents is 1. The molecule has 5 aromatic rings. The van der Waals surface area contributed by atoms with Crippen molar-refractivity contribution in [2.75, 3.05) is 55.7 Å². The number of hydrogen-bond acceptors (Lipinski definition) is 9. The van der Waals surface area contributed by atoms with Gasteiger partial charge in [-0.15, -0.1) is 0 Å². The summed E-state index contributed by atoms with van der Waals surface area (Å²) in [6, 6.07) is 30.2. The Morgan fingerprint density at radius 2 is 1.21 bits per heavy atom. The number of hydrogen-bond donors (Lipinski definition) is 4. The number of nitrogens with zero attached hydrogens (tertiary/aromatic N) is 1. The van der Waals surface area contributed by atoms with Crippen LogP contribution in [0, 0.1) is 10.1 Å². The predicted octanol–water partition coefficient (Wildman–Crippen LogP) is 8.62. The molecule has 2 amide bonds. The zero-order valence-corrected chi connectivity index (χ0v) is 28.8. The maximum Gasteiger partial charge on any atom is 0.418 e. The molecule has 4 N–H and O–H groups in total. The van der Waals surface area contributed by atoms with Crippen molar-refractivity contribution in [3.63, 3.8) is 0 Å². The van der Waals surface area contributed by atoms with Gasteiger partial charge in [-0.25, -0.2) is 0 Å². The summed E-state index contributed by atoms with van der Waals surface area (Å²) in [7, 11) is 4.47. The van der Waals surface area contributed by atoms with Crippen LogP contribution in [-0.4, -0.2) is 51.2 Å². The van der Waals surface area contributed by atoms with E-state index < -0.39 is 28.5 Å². The van der Waals surface area contributed by atoms with Crippen molar-refractivity contribution in [3.8, 4) is 11.5 Å². The molecule has 276 valence electrons. The number of para-hydroxylation sites is 1. The molecule has 0 fully saturated rings. The van der Waals surface area contributed by atoms with Crippen molar-refractivity contribution >= 4 is 45.9 Å². The van der Waals surface area contributed by atoms with Gasteiger partial charge in [0, 0.05) is 65.7 Å². The van der Waals surface area contributed by atoms with Crippen LogP contribution in [0.1, 0.15) is 26.3 Å². The molecule has 5 rings (SSSR count). The second kappa shape index (κ2) is 18.6. The van der Waals surface area contributed by atoms with Crippen LogP contribution in [0.15, 0.2) is 115 Å². The van der Waals surface area contributed by atoms with E-state index in [0.717, 1.165) is 6.07 Å². The lowest BCUT2D eigenvalue weighted by Crippen LogP contribution is -2.17. The summed E-state index contributed by atoms with van der Waals surface area (Å²) in [5.74, 6) is 0.0301. The first-order chi connectivity index (χ1) is 25.4.